The van der Waals surface area contributed by atoms with Gasteiger partial charge in [-0.2, -0.15) is 5.06 Å². The molecule has 2 bridgehead atoms. The minimum absolute atomic E-state index is 0.0248. The second-order valence-electron chi connectivity index (χ2n) is 13.2. The molecule has 7 fully saturated rings. The van der Waals surface area contributed by atoms with Crippen LogP contribution >= 0.6 is 0 Å². The molecule has 236 valence electrons. The van der Waals surface area contributed by atoms with Crippen molar-refractivity contribution in [3.63, 3.8) is 0 Å². The molecule has 7 aliphatic rings. The normalized spacial score (nSPS) is 40.5. The number of ether oxygens (including phenoxy) is 4. The summed E-state index contributed by atoms with van der Waals surface area (Å²) < 4.78 is 23.4. The smallest absolute Gasteiger partial charge is 0.327 e. The molecule has 44 heavy (non-hydrogen) atoms. The summed E-state index contributed by atoms with van der Waals surface area (Å²) in [5.74, 6) is -0.623. The Morgan fingerprint density at radius 2 is 2.00 bits per heavy atom. The van der Waals surface area contributed by atoms with E-state index in [1.54, 1.807) is 9.96 Å². The number of fused-ring (bicyclic) bond motifs is 5. The van der Waals surface area contributed by atoms with Gasteiger partial charge in [0.05, 0.1) is 25.4 Å². The van der Waals surface area contributed by atoms with Crippen LogP contribution in [0.1, 0.15) is 49.7 Å². The van der Waals surface area contributed by atoms with Crippen molar-refractivity contribution in [3.8, 4) is 0 Å². The molecule has 5 aliphatic heterocycles. The number of carbonyl (C=O) groups is 3. The highest BCUT2D eigenvalue weighted by Crippen LogP contribution is 2.56. The molecule has 8 rings (SSSR count). The van der Waals surface area contributed by atoms with E-state index in [0.717, 1.165) is 30.4 Å². The summed E-state index contributed by atoms with van der Waals surface area (Å²) in [6, 6.07) is 6.41. The zero-order valence-corrected chi connectivity index (χ0v) is 24.5. The van der Waals surface area contributed by atoms with Crippen LogP contribution in [0, 0.1) is 11.3 Å². The summed E-state index contributed by atoms with van der Waals surface area (Å²) in [5, 5.41) is 13.5. The van der Waals surface area contributed by atoms with E-state index >= 15 is 0 Å². The van der Waals surface area contributed by atoms with Crippen LogP contribution < -0.4 is 5.32 Å². The van der Waals surface area contributed by atoms with E-state index in [2.05, 4.69) is 29.6 Å². The SMILES string of the molecule is O=C(NCCO)[C@H]1CCCN1C(=O)[C@@]12C[C@H]3OC(=O)[C@@H]1N(Cc1cccc(C=CC4CCC5OC5C4)c1)O[C@@H]2[C@H]1OCO[C@H]13. The Labute approximate surface area is 255 Å². The van der Waals surface area contributed by atoms with Gasteiger partial charge in [-0.05, 0) is 49.1 Å². The van der Waals surface area contributed by atoms with E-state index in [9.17, 15) is 19.5 Å². The lowest BCUT2D eigenvalue weighted by molar-refractivity contribution is -0.204. The number of epoxide rings is 1. The van der Waals surface area contributed by atoms with Crippen LogP contribution in [0.15, 0.2) is 30.3 Å². The number of hydroxylamine groups is 2. The first-order valence-corrected chi connectivity index (χ1v) is 16.0. The topological polar surface area (TPSA) is 139 Å². The van der Waals surface area contributed by atoms with Gasteiger partial charge < -0.3 is 34.3 Å². The largest absolute Gasteiger partial charge is 0.458 e. The molecule has 2 aliphatic carbocycles. The Morgan fingerprint density at radius 3 is 2.86 bits per heavy atom. The van der Waals surface area contributed by atoms with Crippen LogP contribution in [0.3, 0.4) is 0 Å². The maximum atomic E-state index is 14.7. The summed E-state index contributed by atoms with van der Waals surface area (Å²) in [4.78, 5) is 49.6. The van der Waals surface area contributed by atoms with Gasteiger partial charge in [0.15, 0.2) is 6.04 Å². The van der Waals surface area contributed by atoms with E-state index in [1.165, 1.54) is 0 Å². The number of aliphatic hydroxyl groups is 1. The summed E-state index contributed by atoms with van der Waals surface area (Å²) in [6.07, 6.45) is 7.48. The van der Waals surface area contributed by atoms with E-state index in [4.69, 9.17) is 23.8 Å². The van der Waals surface area contributed by atoms with Crippen LogP contribution in [0.2, 0.25) is 0 Å². The fraction of sp³-hybridized carbons (Fsp3) is 0.656. The van der Waals surface area contributed by atoms with Crippen LogP contribution in [-0.4, -0.2) is 108 Å². The molecule has 2 N–H and O–H groups in total. The minimum atomic E-state index is -1.30. The number of benzene rings is 1. The van der Waals surface area contributed by atoms with Gasteiger partial charge >= 0.3 is 5.97 Å². The van der Waals surface area contributed by atoms with E-state index in [0.29, 0.717) is 37.5 Å². The average Bonchev–Trinajstić information content (AvgIpc) is 3.35. The van der Waals surface area contributed by atoms with Crippen LogP contribution in [0.5, 0.6) is 0 Å². The Bertz CT molecular complexity index is 1360. The van der Waals surface area contributed by atoms with Crippen LogP contribution in [0.4, 0.5) is 0 Å². The van der Waals surface area contributed by atoms with E-state index in [1.807, 2.05) is 12.1 Å². The van der Waals surface area contributed by atoms with E-state index < -0.39 is 47.9 Å². The van der Waals surface area contributed by atoms with Gasteiger partial charge in [-0.1, -0.05) is 36.4 Å². The molecule has 10 atom stereocenters. The summed E-state index contributed by atoms with van der Waals surface area (Å²) >= 11 is 0. The molecule has 3 unspecified atom stereocenters. The molecule has 5 saturated heterocycles. The molecule has 12 nitrogen and oxygen atoms in total. The Kier molecular flexibility index (Phi) is 7.27. The van der Waals surface area contributed by atoms with Crippen LogP contribution in [-0.2, 0) is 44.7 Å². The maximum Gasteiger partial charge on any atom is 0.327 e. The lowest BCUT2D eigenvalue weighted by Gasteiger charge is -2.50. The molecule has 0 aromatic heterocycles. The Hall–Kier alpha value is -2.87. The highest BCUT2D eigenvalue weighted by Gasteiger charge is 2.75. The average molecular weight is 610 g/mol. The number of esters is 1. The first kappa shape index (κ1) is 28.6. The first-order chi connectivity index (χ1) is 21.5. The minimum Gasteiger partial charge on any atom is -0.458 e. The quantitative estimate of drug-likeness (QED) is 0.323. The fourth-order valence-electron chi connectivity index (χ4n) is 8.49. The Balaban J connectivity index is 1.07. The van der Waals surface area contributed by atoms with Gasteiger partial charge in [0.2, 0.25) is 11.8 Å². The van der Waals surface area contributed by atoms with Gasteiger partial charge in [-0.25, -0.2) is 0 Å². The number of aliphatic hydroxyl groups excluding tert-OH is 1. The number of hydrogen-bond donors (Lipinski definition) is 2. The van der Waals surface area contributed by atoms with Crippen molar-refractivity contribution in [1.29, 1.82) is 0 Å². The molecule has 2 amide bonds. The number of allylic oxidation sites excluding steroid dienone is 1. The molecular weight excluding hydrogens is 570 g/mol. The number of carbonyl (C=O) groups excluding carboxylic acids is 3. The van der Waals surface area contributed by atoms with E-state index in [-0.39, 0.29) is 44.7 Å². The van der Waals surface area contributed by atoms with Gasteiger partial charge in [0.25, 0.3) is 0 Å². The second kappa shape index (κ2) is 11.2. The van der Waals surface area contributed by atoms with Crippen molar-refractivity contribution in [2.45, 2.75) is 93.8 Å². The predicted octanol–water partition coefficient (Wildman–Crippen LogP) is 0.908. The third kappa shape index (κ3) is 4.69. The summed E-state index contributed by atoms with van der Waals surface area (Å²) in [6.45, 7) is 0.600. The second-order valence-corrected chi connectivity index (χ2v) is 13.2. The van der Waals surface area contributed by atoms with Gasteiger partial charge in [-0.3, -0.25) is 19.2 Å². The first-order valence-electron chi connectivity index (χ1n) is 16.0. The molecule has 2 saturated carbocycles. The summed E-state index contributed by atoms with van der Waals surface area (Å²) in [7, 11) is 0. The van der Waals surface area contributed by atoms with Gasteiger partial charge in [0, 0.05) is 19.5 Å². The predicted molar refractivity (Wildman–Crippen MR) is 152 cm³/mol. The zero-order valence-electron chi connectivity index (χ0n) is 24.5. The molecule has 1 aromatic carbocycles. The lowest BCUT2D eigenvalue weighted by atomic mass is 9.62. The third-order valence-corrected chi connectivity index (χ3v) is 10.6. The number of amides is 2. The van der Waals surface area contributed by atoms with Crippen molar-refractivity contribution >= 4 is 23.9 Å². The number of nitrogens with one attached hydrogen (secondary N) is 1. The molecule has 1 aromatic rings. The van der Waals surface area contributed by atoms with Crippen molar-refractivity contribution in [3.05, 3.63) is 41.5 Å². The van der Waals surface area contributed by atoms with Crippen LogP contribution in [0.25, 0.3) is 6.08 Å². The molecule has 12 heteroatoms. The monoisotopic (exact) mass is 609 g/mol. The van der Waals surface area contributed by atoms with Crippen molar-refractivity contribution in [2.24, 2.45) is 11.3 Å². The van der Waals surface area contributed by atoms with Crippen molar-refractivity contribution < 1.29 is 43.3 Å². The summed E-state index contributed by atoms with van der Waals surface area (Å²) in [5.41, 5.74) is 0.687. The molecule has 0 spiro atoms. The highest BCUT2D eigenvalue weighted by atomic mass is 16.8. The molecule has 5 heterocycles. The molecular formula is C32H39N3O9. The van der Waals surface area contributed by atoms with Gasteiger partial charge in [0.1, 0.15) is 42.7 Å². The standard InChI is InChI=1S/C32H39N3O9/c36-12-10-33-29(37)21-5-2-11-34(21)31(39)32-15-24-25-26(41-17-40-25)28(32)44-35(27(32)30(38)43-24)16-20-4-1-3-18(13-20)6-7-19-8-9-22-23(14-19)42-22/h1,3-4,6-7,13,19,21-28,36H,2,5,8-12,14-17H2,(H,33,37)/t19?,21-,22?,23?,24-,25+,26+,27+,28-,32+/m1/s1. The zero-order chi connectivity index (χ0) is 30.0. The fourth-order valence-corrected chi connectivity index (χ4v) is 8.49. The number of nitrogens with zero attached hydrogens (tertiary/aromatic N) is 2. The highest BCUT2D eigenvalue weighted by molar-refractivity contribution is 5.96. The van der Waals surface area contributed by atoms with Gasteiger partial charge in [-0.15, -0.1) is 0 Å². The van der Waals surface area contributed by atoms with Crippen molar-refractivity contribution in [2.75, 3.05) is 26.5 Å². The number of hydrogen-bond acceptors (Lipinski definition) is 10. The van der Waals surface area contributed by atoms with Crippen molar-refractivity contribution in [1.82, 2.24) is 15.3 Å². The number of likely N-dealkylation sites (tertiary alicyclic amines) is 1. The third-order valence-electron chi connectivity index (χ3n) is 10.6. The Morgan fingerprint density at radius 1 is 1.11 bits per heavy atom. The maximum absolute atomic E-state index is 14.7. The lowest BCUT2D eigenvalue weighted by Crippen LogP contribution is -2.70. The number of rotatable bonds is 8. The molecule has 0 radical (unpaired) electrons.